The minimum Gasteiger partial charge on any atom is -0.467 e. The second kappa shape index (κ2) is 7.81. The van der Waals surface area contributed by atoms with Gasteiger partial charge in [0.1, 0.15) is 12.3 Å². The van der Waals surface area contributed by atoms with Crippen molar-refractivity contribution in [2.75, 3.05) is 5.32 Å². The minimum absolute atomic E-state index is 0.0262. The molecule has 0 bridgehead atoms. The number of benzene rings is 2. The highest BCUT2D eigenvalue weighted by Gasteiger charge is 2.16. The molecule has 8 heteroatoms. The van der Waals surface area contributed by atoms with Gasteiger partial charge in [0.05, 0.1) is 34.4 Å². The van der Waals surface area contributed by atoms with Crippen molar-refractivity contribution >= 4 is 34.1 Å². The summed E-state index contributed by atoms with van der Waals surface area (Å²) >= 11 is 6.08. The van der Waals surface area contributed by atoms with E-state index in [0.29, 0.717) is 27.4 Å². The van der Waals surface area contributed by atoms with Gasteiger partial charge in [-0.2, -0.15) is 0 Å². The smallest absolute Gasteiger partial charge is 0.332 e. The highest BCUT2D eigenvalue weighted by Crippen LogP contribution is 2.20. The maximum absolute atomic E-state index is 13.1. The molecule has 4 aromatic rings. The molecule has 7 nitrogen and oxygen atoms in total. The zero-order chi connectivity index (χ0) is 20.4. The van der Waals surface area contributed by atoms with E-state index >= 15 is 0 Å². The van der Waals surface area contributed by atoms with E-state index in [1.807, 2.05) is 0 Å². The number of aromatic nitrogens is 2. The van der Waals surface area contributed by atoms with Crippen LogP contribution in [-0.4, -0.2) is 15.0 Å². The molecular weight excluding hydrogens is 394 g/mol. The summed E-state index contributed by atoms with van der Waals surface area (Å²) in [5, 5.41) is 3.42. The molecule has 0 radical (unpaired) electrons. The Morgan fingerprint density at radius 2 is 1.72 bits per heavy atom. The molecule has 146 valence electrons. The van der Waals surface area contributed by atoms with E-state index in [1.165, 1.54) is 10.8 Å². The number of nitrogens with zero attached hydrogens (tertiary/aromatic N) is 2. The first-order valence-electron chi connectivity index (χ1n) is 8.84. The maximum Gasteiger partial charge on any atom is 0.332 e. The lowest BCUT2D eigenvalue weighted by Gasteiger charge is -2.14. The van der Waals surface area contributed by atoms with Gasteiger partial charge in [-0.3, -0.25) is 18.7 Å². The number of amides is 1. The number of hydrogen-bond acceptors (Lipinski definition) is 4. The summed E-state index contributed by atoms with van der Waals surface area (Å²) in [5.74, 6) is 0.0279. The van der Waals surface area contributed by atoms with E-state index in [4.69, 9.17) is 16.0 Å². The molecule has 29 heavy (non-hydrogen) atoms. The van der Waals surface area contributed by atoms with Crippen molar-refractivity contribution in [2.45, 2.75) is 13.1 Å². The first-order valence-corrected chi connectivity index (χ1v) is 9.21. The van der Waals surface area contributed by atoms with Crippen LogP contribution in [0.15, 0.2) is 80.9 Å². The Bertz CT molecular complexity index is 1310. The van der Waals surface area contributed by atoms with E-state index in [1.54, 1.807) is 60.7 Å². The van der Waals surface area contributed by atoms with Gasteiger partial charge < -0.3 is 9.73 Å². The molecular formula is C21H16ClN3O4. The second-order valence-corrected chi connectivity index (χ2v) is 6.79. The number of para-hydroxylation sites is 2. The van der Waals surface area contributed by atoms with Gasteiger partial charge in [-0.1, -0.05) is 35.9 Å². The van der Waals surface area contributed by atoms with Gasteiger partial charge in [-0.15, -0.1) is 0 Å². The fourth-order valence-corrected chi connectivity index (χ4v) is 3.30. The Balaban J connectivity index is 1.77. The first-order chi connectivity index (χ1) is 14.0. The van der Waals surface area contributed by atoms with Crippen LogP contribution in [-0.2, 0) is 17.9 Å². The van der Waals surface area contributed by atoms with E-state index in [2.05, 4.69) is 5.32 Å². The number of carbonyl (C=O) groups is 1. The van der Waals surface area contributed by atoms with Crippen LogP contribution in [0, 0.1) is 0 Å². The van der Waals surface area contributed by atoms with Gasteiger partial charge >= 0.3 is 5.69 Å². The van der Waals surface area contributed by atoms with Gasteiger partial charge in [-0.25, -0.2) is 4.79 Å². The monoisotopic (exact) mass is 409 g/mol. The Labute approximate surface area is 169 Å². The largest absolute Gasteiger partial charge is 0.467 e. The third kappa shape index (κ3) is 3.72. The summed E-state index contributed by atoms with van der Waals surface area (Å²) in [5.41, 5.74) is -0.211. The number of fused-ring (bicyclic) bond motifs is 1. The van der Waals surface area contributed by atoms with E-state index in [0.717, 1.165) is 4.57 Å². The summed E-state index contributed by atoms with van der Waals surface area (Å²) < 4.78 is 7.60. The van der Waals surface area contributed by atoms with Crippen molar-refractivity contribution in [3.63, 3.8) is 0 Å². The molecule has 0 fully saturated rings. The maximum atomic E-state index is 13.1. The van der Waals surface area contributed by atoms with Crippen molar-refractivity contribution in [2.24, 2.45) is 0 Å². The molecule has 0 saturated carbocycles. The lowest BCUT2D eigenvalue weighted by atomic mass is 10.2. The molecule has 0 saturated heterocycles. The van der Waals surface area contributed by atoms with Crippen molar-refractivity contribution in [3.05, 3.63) is 98.5 Å². The number of rotatable bonds is 5. The number of carbonyl (C=O) groups excluding carboxylic acids is 1. The number of hydrogen-bond donors (Lipinski definition) is 1. The molecule has 0 spiro atoms. The molecule has 2 aromatic carbocycles. The predicted octanol–water partition coefficient (Wildman–Crippen LogP) is 3.10. The second-order valence-electron chi connectivity index (χ2n) is 6.38. The summed E-state index contributed by atoms with van der Waals surface area (Å²) in [6.07, 6.45) is 1.47. The molecule has 4 rings (SSSR count). The number of anilines is 1. The number of nitrogens with one attached hydrogen (secondary N) is 1. The summed E-state index contributed by atoms with van der Waals surface area (Å²) in [7, 11) is 0. The Kier molecular flexibility index (Phi) is 5.05. The van der Waals surface area contributed by atoms with Crippen LogP contribution >= 0.6 is 11.6 Å². The molecule has 0 unspecified atom stereocenters. The van der Waals surface area contributed by atoms with E-state index in [9.17, 15) is 14.4 Å². The summed E-state index contributed by atoms with van der Waals surface area (Å²) in [6, 6.07) is 16.8. The van der Waals surface area contributed by atoms with Gasteiger partial charge in [0.15, 0.2) is 0 Å². The van der Waals surface area contributed by atoms with Gasteiger partial charge in [-0.05, 0) is 36.4 Å². The van der Waals surface area contributed by atoms with Crippen molar-refractivity contribution in [1.29, 1.82) is 0 Å². The molecule has 0 atom stereocenters. The lowest BCUT2D eigenvalue weighted by molar-refractivity contribution is -0.116. The lowest BCUT2D eigenvalue weighted by Crippen LogP contribution is -2.42. The van der Waals surface area contributed by atoms with Crippen molar-refractivity contribution in [1.82, 2.24) is 9.13 Å². The average molecular weight is 410 g/mol. The molecule has 1 amide bonds. The number of halogens is 1. The summed E-state index contributed by atoms with van der Waals surface area (Å²) in [6.45, 7) is -0.301. The molecule has 0 aliphatic carbocycles. The van der Waals surface area contributed by atoms with Gasteiger partial charge in [0, 0.05) is 0 Å². The SMILES string of the molecule is O=C(Cn1c(=O)n(Cc2ccco2)c(=O)c2ccccc21)Nc1ccccc1Cl. The van der Waals surface area contributed by atoms with Crippen LogP contribution in [0.5, 0.6) is 0 Å². The van der Waals surface area contributed by atoms with Crippen LogP contribution in [0.25, 0.3) is 10.9 Å². The van der Waals surface area contributed by atoms with Crippen LogP contribution in [0.4, 0.5) is 5.69 Å². The highest BCUT2D eigenvalue weighted by molar-refractivity contribution is 6.33. The zero-order valence-corrected chi connectivity index (χ0v) is 15.9. The van der Waals surface area contributed by atoms with Crippen molar-refractivity contribution in [3.8, 4) is 0 Å². The summed E-state index contributed by atoms with van der Waals surface area (Å²) in [4.78, 5) is 38.5. The van der Waals surface area contributed by atoms with E-state index in [-0.39, 0.29) is 13.1 Å². The highest BCUT2D eigenvalue weighted by atomic mass is 35.5. The van der Waals surface area contributed by atoms with E-state index < -0.39 is 17.2 Å². The Hall–Kier alpha value is -3.58. The minimum atomic E-state index is -0.598. The van der Waals surface area contributed by atoms with Gasteiger partial charge in [0.25, 0.3) is 5.56 Å². The Morgan fingerprint density at radius 3 is 2.48 bits per heavy atom. The van der Waals surface area contributed by atoms with Crippen LogP contribution < -0.4 is 16.6 Å². The average Bonchev–Trinajstić information content (AvgIpc) is 3.23. The molecule has 0 aliphatic rings. The van der Waals surface area contributed by atoms with Gasteiger partial charge in [0.2, 0.25) is 5.91 Å². The standard InChI is InChI=1S/C21H16ClN3O4/c22-16-8-2-3-9-17(16)23-19(26)13-24-18-10-4-1-7-15(18)20(27)25(21(24)28)12-14-6-5-11-29-14/h1-11H,12-13H2,(H,23,26). The fraction of sp³-hybridized carbons (Fsp3) is 0.0952. The van der Waals surface area contributed by atoms with Crippen LogP contribution in [0.3, 0.4) is 0 Å². The molecule has 0 aliphatic heterocycles. The topological polar surface area (TPSA) is 86.2 Å². The Morgan fingerprint density at radius 1 is 0.966 bits per heavy atom. The van der Waals surface area contributed by atoms with Crippen LogP contribution in [0.1, 0.15) is 5.76 Å². The zero-order valence-electron chi connectivity index (χ0n) is 15.2. The molecule has 2 aromatic heterocycles. The quantitative estimate of drug-likeness (QED) is 0.548. The van der Waals surface area contributed by atoms with Crippen molar-refractivity contribution < 1.29 is 9.21 Å². The predicted molar refractivity (Wildman–Crippen MR) is 110 cm³/mol. The van der Waals surface area contributed by atoms with Crippen LogP contribution in [0.2, 0.25) is 5.02 Å². The first kappa shape index (κ1) is 18.8. The molecule has 2 heterocycles. The normalized spacial score (nSPS) is 10.9. The number of furan rings is 1. The third-order valence-electron chi connectivity index (χ3n) is 4.48. The third-order valence-corrected chi connectivity index (χ3v) is 4.81. The fourth-order valence-electron chi connectivity index (χ4n) is 3.12. The molecule has 1 N–H and O–H groups in total.